The topological polar surface area (TPSA) is 118 Å². The van der Waals surface area contributed by atoms with Crippen molar-refractivity contribution in [3.8, 4) is 0 Å². The SMILES string of the molecule is NC(CCC(=O)O)C(=O)O.O=[C]([Na])c1ccccc1. The fourth-order valence-corrected chi connectivity index (χ4v) is 1.41. The molecular formula is C12H14NNaO5. The molecule has 0 amide bonds. The van der Waals surface area contributed by atoms with Crippen LogP contribution in [0.1, 0.15) is 23.2 Å². The standard InChI is InChI=1S/C7H5O.C5H9NO4.Na/c8-6-7-4-2-1-3-5-7;6-3(5(9)10)1-2-4(7)8;/h1-5H;3H,1-2,6H2,(H,7,8)(H,9,10);. The minimum absolute atomic E-state index is 0.0231. The summed E-state index contributed by atoms with van der Waals surface area (Å²) in [6.45, 7) is 0. The zero-order chi connectivity index (χ0) is 14.8. The Morgan fingerprint density at radius 3 is 2.00 bits per heavy atom. The van der Waals surface area contributed by atoms with Gasteiger partial charge in [-0.1, -0.05) is 0 Å². The molecule has 4 N–H and O–H groups in total. The molecule has 0 saturated heterocycles. The molecule has 0 aliphatic rings. The van der Waals surface area contributed by atoms with Crippen molar-refractivity contribution < 1.29 is 24.6 Å². The van der Waals surface area contributed by atoms with Crippen molar-refractivity contribution in [1.82, 2.24) is 0 Å². The zero-order valence-corrected chi connectivity index (χ0v) is 12.6. The third-order valence-electron chi connectivity index (χ3n) is 2.17. The van der Waals surface area contributed by atoms with E-state index >= 15 is 0 Å². The average molecular weight is 275 g/mol. The quantitative estimate of drug-likeness (QED) is 0.663. The fraction of sp³-hybridized carbons (Fsp3) is 0.250. The number of carbonyl (C=O) groups is 3. The second kappa shape index (κ2) is 9.69. The second-order valence-corrected chi connectivity index (χ2v) is 4.71. The molecule has 0 fully saturated rings. The number of aliphatic carboxylic acids is 2. The Bertz CT molecular complexity index is 435. The molecule has 19 heavy (non-hydrogen) atoms. The van der Waals surface area contributed by atoms with E-state index in [0.717, 1.165) is 5.56 Å². The molecule has 0 aliphatic carbocycles. The van der Waals surface area contributed by atoms with E-state index in [0.29, 0.717) is 27.9 Å². The van der Waals surface area contributed by atoms with Gasteiger partial charge in [-0.3, -0.25) is 9.59 Å². The number of benzene rings is 1. The predicted octanol–water partition coefficient (Wildman–Crippen LogP) is 0.258. The maximum atomic E-state index is 10.7. The maximum absolute atomic E-state index is 10.7. The monoisotopic (exact) mass is 275 g/mol. The van der Waals surface area contributed by atoms with Crippen molar-refractivity contribution in [2.75, 3.05) is 0 Å². The van der Waals surface area contributed by atoms with Crippen LogP contribution in [0.5, 0.6) is 0 Å². The van der Waals surface area contributed by atoms with Crippen molar-refractivity contribution in [3.63, 3.8) is 0 Å². The number of hydrogen-bond acceptors (Lipinski definition) is 4. The molecule has 1 aromatic carbocycles. The summed E-state index contributed by atoms with van der Waals surface area (Å²) in [5.74, 6) is -2.20. The van der Waals surface area contributed by atoms with Crippen LogP contribution in [0.3, 0.4) is 0 Å². The van der Waals surface area contributed by atoms with Gasteiger partial charge in [0.15, 0.2) is 0 Å². The molecule has 1 rings (SSSR count). The molecule has 0 aromatic heterocycles. The summed E-state index contributed by atoms with van der Waals surface area (Å²) in [5, 5.41) is 16.3. The molecule has 0 aliphatic heterocycles. The first kappa shape index (κ1) is 17.8. The first-order chi connectivity index (χ1) is 8.84. The van der Waals surface area contributed by atoms with Gasteiger partial charge in [0.2, 0.25) is 0 Å². The number of hydrogen-bond donors (Lipinski definition) is 3. The van der Waals surface area contributed by atoms with Gasteiger partial charge >= 0.3 is 83.6 Å². The van der Waals surface area contributed by atoms with Gasteiger partial charge in [0.05, 0.1) is 0 Å². The van der Waals surface area contributed by atoms with E-state index in [1.807, 2.05) is 30.3 Å². The van der Waals surface area contributed by atoms with E-state index < -0.39 is 18.0 Å². The van der Waals surface area contributed by atoms with Crippen molar-refractivity contribution >= 4 is 42.9 Å². The normalized spacial score (nSPS) is 10.9. The summed E-state index contributed by atoms with van der Waals surface area (Å²) in [5.41, 5.74) is 5.84. The summed E-state index contributed by atoms with van der Waals surface area (Å²) in [4.78, 5) is 30.6. The molecule has 6 nitrogen and oxygen atoms in total. The van der Waals surface area contributed by atoms with Crippen LogP contribution in [0.25, 0.3) is 0 Å². The van der Waals surface area contributed by atoms with Crippen molar-refractivity contribution in [2.24, 2.45) is 5.73 Å². The van der Waals surface area contributed by atoms with Gasteiger partial charge in [-0.15, -0.1) is 0 Å². The van der Waals surface area contributed by atoms with Crippen molar-refractivity contribution in [1.29, 1.82) is 0 Å². The van der Waals surface area contributed by atoms with E-state index in [2.05, 4.69) is 0 Å². The van der Waals surface area contributed by atoms with E-state index in [1.165, 1.54) is 0 Å². The van der Waals surface area contributed by atoms with Crippen LogP contribution < -0.4 is 5.73 Å². The third-order valence-corrected chi connectivity index (χ3v) is 2.74. The van der Waals surface area contributed by atoms with Gasteiger partial charge in [0.1, 0.15) is 6.04 Å². The van der Waals surface area contributed by atoms with Crippen LogP contribution in [0.2, 0.25) is 0 Å². The number of carboxylic acids is 2. The Balaban J connectivity index is 0.000000342. The molecule has 1 atom stereocenters. The van der Waals surface area contributed by atoms with Gasteiger partial charge in [0.25, 0.3) is 0 Å². The molecule has 0 radical (unpaired) electrons. The molecule has 0 spiro atoms. The van der Waals surface area contributed by atoms with Gasteiger partial charge in [-0.05, 0) is 6.42 Å². The van der Waals surface area contributed by atoms with Crippen LogP contribution in [0, 0.1) is 0 Å². The van der Waals surface area contributed by atoms with Gasteiger partial charge in [-0.25, -0.2) is 0 Å². The van der Waals surface area contributed by atoms with Gasteiger partial charge in [-0.2, -0.15) is 0 Å². The fourth-order valence-electron chi connectivity index (χ4n) is 1.08. The molecule has 0 saturated carbocycles. The third kappa shape index (κ3) is 9.38. The Kier molecular flexibility index (Phi) is 9.07. The van der Waals surface area contributed by atoms with Crippen LogP contribution >= 0.6 is 0 Å². The summed E-state index contributed by atoms with van der Waals surface area (Å²) in [6.07, 6.45) is -0.224. The van der Waals surface area contributed by atoms with E-state index in [-0.39, 0.29) is 15.9 Å². The van der Waals surface area contributed by atoms with Gasteiger partial charge < -0.3 is 15.9 Å². The average Bonchev–Trinajstić information content (AvgIpc) is 2.37. The zero-order valence-electron chi connectivity index (χ0n) is 10.6. The molecule has 98 valence electrons. The number of carbonyl (C=O) groups excluding carboxylic acids is 1. The number of carboxylic acid groups (broad SMARTS) is 2. The molecule has 0 bridgehead atoms. The number of rotatable bonds is 5. The Morgan fingerprint density at radius 1 is 1.16 bits per heavy atom. The van der Waals surface area contributed by atoms with E-state index in [4.69, 9.17) is 15.9 Å². The number of nitrogens with two attached hydrogens (primary N) is 1. The first-order valence-electron chi connectivity index (χ1n) is 5.60. The Morgan fingerprint density at radius 2 is 1.68 bits per heavy atom. The molecule has 7 heteroatoms. The summed E-state index contributed by atoms with van der Waals surface area (Å²) < 4.78 is 0.260. The molecule has 0 heterocycles. The minimum atomic E-state index is -1.17. The second-order valence-electron chi connectivity index (χ2n) is 3.80. The van der Waals surface area contributed by atoms with Crippen LogP contribution in [0.4, 0.5) is 0 Å². The summed E-state index contributed by atoms with van der Waals surface area (Å²) in [7, 11) is 0. The molecular weight excluding hydrogens is 261 g/mol. The van der Waals surface area contributed by atoms with Gasteiger partial charge in [0, 0.05) is 6.42 Å². The van der Waals surface area contributed by atoms with Crippen LogP contribution in [-0.4, -0.2) is 59.2 Å². The summed E-state index contributed by atoms with van der Waals surface area (Å²) >= 11 is 0.618. The van der Waals surface area contributed by atoms with E-state index in [9.17, 15) is 14.4 Å². The first-order valence-corrected chi connectivity index (χ1v) is 6.60. The Labute approximate surface area is 128 Å². The van der Waals surface area contributed by atoms with Crippen LogP contribution in [0.15, 0.2) is 30.3 Å². The molecule has 1 unspecified atom stereocenters. The summed E-state index contributed by atoms with van der Waals surface area (Å²) in [6, 6.07) is 8.30. The molecule has 1 aromatic rings. The predicted molar refractivity (Wildman–Crippen MR) is 69.0 cm³/mol. The van der Waals surface area contributed by atoms with Crippen molar-refractivity contribution in [2.45, 2.75) is 18.9 Å². The van der Waals surface area contributed by atoms with Crippen LogP contribution in [-0.2, 0) is 9.59 Å². The Hall–Kier alpha value is -1.21. The van der Waals surface area contributed by atoms with E-state index in [1.54, 1.807) is 0 Å². The van der Waals surface area contributed by atoms with Crippen molar-refractivity contribution in [3.05, 3.63) is 35.9 Å².